The molecule has 1 heterocycles. The molecule has 0 radical (unpaired) electrons. The van der Waals surface area contributed by atoms with E-state index in [-0.39, 0.29) is 0 Å². The molecule has 1 aliphatic carbocycles. The van der Waals surface area contributed by atoms with Gasteiger partial charge in [-0.2, -0.15) is 5.10 Å². The first kappa shape index (κ1) is 8.35. The van der Waals surface area contributed by atoms with Crippen LogP contribution in [0.5, 0.6) is 0 Å². The van der Waals surface area contributed by atoms with E-state index in [0.29, 0.717) is 6.61 Å². The summed E-state index contributed by atoms with van der Waals surface area (Å²) in [7, 11) is 0. The first-order valence-electron chi connectivity index (χ1n) is 4.70. The summed E-state index contributed by atoms with van der Waals surface area (Å²) in [5, 5.41) is 7.23. The summed E-state index contributed by atoms with van der Waals surface area (Å²) in [6.07, 6.45) is 4.25. The maximum absolute atomic E-state index is 5.50. The molecule has 0 bridgehead atoms. The predicted molar refractivity (Wildman–Crippen MR) is 51.2 cm³/mol. The zero-order valence-corrected chi connectivity index (χ0v) is 8.05. The number of aromatic nitrogens is 2. The number of hydrogen-bond acceptors (Lipinski definition) is 2. The number of hydrogen-bond donors (Lipinski definition) is 1. The number of nitrogens with zero attached hydrogens (tertiary/aromatic N) is 1. The molecule has 13 heavy (non-hydrogen) atoms. The van der Waals surface area contributed by atoms with Crippen LogP contribution < -0.4 is 0 Å². The van der Waals surface area contributed by atoms with Crippen LogP contribution in [0.4, 0.5) is 0 Å². The Morgan fingerprint density at radius 2 is 2.46 bits per heavy atom. The Labute approximate surface area is 77.8 Å². The summed E-state index contributed by atoms with van der Waals surface area (Å²) in [5.41, 5.74) is 3.48. The van der Waals surface area contributed by atoms with Crippen LogP contribution in [0.2, 0.25) is 0 Å². The Hall–Kier alpha value is -1.25. The molecule has 1 aliphatic rings. The van der Waals surface area contributed by atoms with Crippen LogP contribution in [0.3, 0.4) is 0 Å². The standard InChI is InChI=1S/C10H14N2O/c1-3-13-9-6-4-5-8-7(2)11-12-10(8)9/h6H,3-5H2,1-2H3,(H,11,12). The van der Waals surface area contributed by atoms with Crippen molar-refractivity contribution < 1.29 is 4.74 Å². The molecule has 0 unspecified atom stereocenters. The van der Waals surface area contributed by atoms with E-state index < -0.39 is 0 Å². The molecule has 0 aromatic carbocycles. The van der Waals surface area contributed by atoms with Gasteiger partial charge in [-0.1, -0.05) is 0 Å². The van der Waals surface area contributed by atoms with E-state index in [1.165, 1.54) is 11.3 Å². The maximum atomic E-state index is 5.50. The van der Waals surface area contributed by atoms with E-state index in [2.05, 4.69) is 23.2 Å². The van der Waals surface area contributed by atoms with E-state index in [1.807, 2.05) is 6.92 Å². The van der Waals surface area contributed by atoms with E-state index in [9.17, 15) is 0 Å². The Morgan fingerprint density at radius 1 is 1.62 bits per heavy atom. The number of rotatable bonds is 2. The van der Waals surface area contributed by atoms with Crippen molar-refractivity contribution in [3.63, 3.8) is 0 Å². The minimum atomic E-state index is 0.706. The van der Waals surface area contributed by atoms with Crippen LogP contribution in [-0.4, -0.2) is 16.8 Å². The third-order valence-electron chi connectivity index (χ3n) is 2.33. The number of fused-ring (bicyclic) bond motifs is 1. The highest BCUT2D eigenvalue weighted by molar-refractivity contribution is 5.62. The molecule has 0 saturated carbocycles. The monoisotopic (exact) mass is 178 g/mol. The molecule has 2 rings (SSSR count). The van der Waals surface area contributed by atoms with Gasteiger partial charge in [-0.05, 0) is 32.8 Å². The largest absolute Gasteiger partial charge is 0.492 e. The minimum Gasteiger partial charge on any atom is -0.492 e. The lowest BCUT2D eigenvalue weighted by atomic mass is 10.0. The van der Waals surface area contributed by atoms with Crippen molar-refractivity contribution in [2.45, 2.75) is 26.7 Å². The van der Waals surface area contributed by atoms with Gasteiger partial charge in [-0.3, -0.25) is 5.10 Å². The van der Waals surface area contributed by atoms with Crippen LogP contribution in [0, 0.1) is 6.92 Å². The lowest BCUT2D eigenvalue weighted by Gasteiger charge is -2.12. The molecule has 0 fully saturated rings. The quantitative estimate of drug-likeness (QED) is 0.752. The topological polar surface area (TPSA) is 37.9 Å². The van der Waals surface area contributed by atoms with Gasteiger partial charge >= 0.3 is 0 Å². The van der Waals surface area contributed by atoms with Gasteiger partial charge in [0.1, 0.15) is 11.5 Å². The maximum Gasteiger partial charge on any atom is 0.143 e. The van der Waals surface area contributed by atoms with Gasteiger partial charge in [0.2, 0.25) is 0 Å². The number of aromatic amines is 1. The molecule has 1 aromatic heterocycles. The average molecular weight is 178 g/mol. The zero-order chi connectivity index (χ0) is 9.26. The summed E-state index contributed by atoms with van der Waals surface area (Å²) in [4.78, 5) is 0. The SMILES string of the molecule is CCOC1=CCCc2c1n[nH]c2C. The van der Waals surface area contributed by atoms with Crippen molar-refractivity contribution in [1.29, 1.82) is 0 Å². The Balaban J connectivity index is 2.36. The molecule has 0 spiro atoms. The van der Waals surface area contributed by atoms with Crippen molar-refractivity contribution in [2.24, 2.45) is 0 Å². The highest BCUT2D eigenvalue weighted by Gasteiger charge is 2.18. The Morgan fingerprint density at radius 3 is 3.23 bits per heavy atom. The van der Waals surface area contributed by atoms with E-state index in [0.717, 1.165) is 24.3 Å². The normalized spacial score (nSPS) is 15.1. The third-order valence-corrected chi connectivity index (χ3v) is 2.33. The minimum absolute atomic E-state index is 0.706. The van der Waals surface area contributed by atoms with Crippen molar-refractivity contribution >= 4 is 5.76 Å². The van der Waals surface area contributed by atoms with Crippen molar-refractivity contribution in [3.05, 3.63) is 23.0 Å². The van der Waals surface area contributed by atoms with Gasteiger partial charge < -0.3 is 4.74 Å². The van der Waals surface area contributed by atoms with Gasteiger partial charge in [0.05, 0.1) is 6.61 Å². The highest BCUT2D eigenvalue weighted by atomic mass is 16.5. The van der Waals surface area contributed by atoms with Crippen LogP contribution in [-0.2, 0) is 11.2 Å². The van der Waals surface area contributed by atoms with Gasteiger partial charge in [0.15, 0.2) is 0 Å². The number of nitrogens with one attached hydrogen (secondary N) is 1. The van der Waals surface area contributed by atoms with Crippen LogP contribution >= 0.6 is 0 Å². The van der Waals surface area contributed by atoms with Gasteiger partial charge in [0.25, 0.3) is 0 Å². The third kappa shape index (κ3) is 1.34. The fraction of sp³-hybridized carbons (Fsp3) is 0.500. The molecule has 0 atom stereocenters. The highest BCUT2D eigenvalue weighted by Crippen LogP contribution is 2.26. The Kier molecular flexibility index (Phi) is 2.08. The first-order chi connectivity index (χ1) is 6.33. The van der Waals surface area contributed by atoms with Crippen molar-refractivity contribution in [2.75, 3.05) is 6.61 Å². The molecule has 1 N–H and O–H groups in total. The molecule has 0 saturated heterocycles. The molecule has 0 amide bonds. The summed E-state index contributed by atoms with van der Waals surface area (Å²) in [6, 6.07) is 0. The number of allylic oxidation sites excluding steroid dienone is 1. The van der Waals surface area contributed by atoms with E-state index in [4.69, 9.17) is 4.74 Å². The van der Waals surface area contributed by atoms with Gasteiger partial charge in [0, 0.05) is 11.3 Å². The first-order valence-corrected chi connectivity index (χ1v) is 4.70. The summed E-state index contributed by atoms with van der Waals surface area (Å²) >= 11 is 0. The van der Waals surface area contributed by atoms with Crippen LogP contribution in [0.1, 0.15) is 30.3 Å². The lowest BCUT2D eigenvalue weighted by Crippen LogP contribution is -2.01. The Bertz CT molecular complexity index is 339. The second-order valence-electron chi connectivity index (χ2n) is 3.22. The van der Waals surface area contributed by atoms with Gasteiger partial charge in [-0.15, -0.1) is 0 Å². The molecule has 3 nitrogen and oxygen atoms in total. The number of H-pyrrole nitrogens is 1. The summed E-state index contributed by atoms with van der Waals surface area (Å²) < 4.78 is 5.50. The second-order valence-corrected chi connectivity index (χ2v) is 3.22. The van der Waals surface area contributed by atoms with Crippen molar-refractivity contribution in [1.82, 2.24) is 10.2 Å². The molecule has 0 aliphatic heterocycles. The molecule has 3 heteroatoms. The zero-order valence-electron chi connectivity index (χ0n) is 8.05. The van der Waals surface area contributed by atoms with Crippen molar-refractivity contribution in [3.8, 4) is 0 Å². The molecular weight excluding hydrogens is 164 g/mol. The number of ether oxygens (including phenoxy) is 1. The molecule has 1 aromatic rings. The smallest absolute Gasteiger partial charge is 0.143 e. The summed E-state index contributed by atoms with van der Waals surface area (Å²) in [6.45, 7) is 4.76. The van der Waals surface area contributed by atoms with Gasteiger partial charge in [-0.25, -0.2) is 0 Å². The second kappa shape index (κ2) is 3.24. The fourth-order valence-electron chi connectivity index (χ4n) is 1.69. The molecule has 70 valence electrons. The predicted octanol–water partition coefficient (Wildman–Crippen LogP) is 2.04. The average Bonchev–Trinajstić information content (AvgIpc) is 2.50. The van der Waals surface area contributed by atoms with E-state index >= 15 is 0 Å². The molecular formula is C10H14N2O. The summed E-state index contributed by atoms with van der Waals surface area (Å²) in [5.74, 6) is 0.938. The number of aryl methyl sites for hydroxylation is 1. The fourth-order valence-corrected chi connectivity index (χ4v) is 1.69. The lowest BCUT2D eigenvalue weighted by molar-refractivity contribution is 0.294. The van der Waals surface area contributed by atoms with Crippen LogP contribution in [0.25, 0.3) is 5.76 Å². The van der Waals surface area contributed by atoms with Crippen LogP contribution in [0.15, 0.2) is 6.08 Å². The van der Waals surface area contributed by atoms with E-state index in [1.54, 1.807) is 0 Å².